The lowest BCUT2D eigenvalue weighted by Crippen LogP contribution is -2.28. The van der Waals surface area contributed by atoms with Crippen molar-refractivity contribution < 1.29 is 0 Å². The van der Waals surface area contributed by atoms with Crippen LogP contribution in [0.2, 0.25) is 0 Å². The molecule has 0 radical (unpaired) electrons. The van der Waals surface area contributed by atoms with Crippen molar-refractivity contribution in [1.29, 1.82) is 10.8 Å². The molecule has 0 unspecified atom stereocenters. The Morgan fingerprint density at radius 2 is 1.43 bits per heavy atom. The van der Waals surface area contributed by atoms with Crippen LogP contribution < -0.4 is 4.90 Å². The molecular weight excluding hydrogens is 174 g/mol. The fourth-order valence-electron chi connectivity index (χ4n) is 1.41. The third-order valence-corrected chi connectivity index (χ3v) is 2.17. The zero-order valence-electron chi connectivity index (χ0n) is 7.91. The first-order valence-corrected chi connectivity index (χ1v) is 4.40. The highest BCUT2D eigenvalue weighted by Gasteiger charge is 2.18. The standard InChI is InChI=1S/C11H11N3/c1-8-2-4-9(5-3-8)14-10(12)6-7-11(14)13/h2-7,12-13H,1H3. The summed E-state index contributed by atoms with van der Waals surface area (Å²) >= 11 is 0. The Hall–Kier alpha value is -1.90. The van der Waals surface area contributed by atoms with Gasteiger partial charge in [0, 0.05) is 5.69 Å². The van der Waals surface area contributed by atoms with Crippen LogP contribution in [0.4, 0.5) is 5.69 Å². The molecule has 1 aromatic rings. The molecular formula is C11H11N3. The largest absolute Gasteiger partial charge is 0.284 e. The van der Waals surface area contributed by atoms with Gasteiger partial charge in [0.2, 0.25) is 0 Å². The summed E-state index contributed by atoms with van der Waals surface area (Å²) < 4.78 is 0. The molecule has 14 heavy (non-hydrogen) atoms. The van der Waals surface area contributed by atoms with Gasteiger partial charge in [-0.25, -0.2) is 0 Å². The predicted molar refractivity (Wildman–Crippen MR) is 58.3 cm³/mol. The number of nitrogens with zero attached hydrogens (tertiary/aromatic N) is 1. The van der Waals surface area contributed by atoms with Crippen LogP contribution in [0.5, 0.6) is 0 Å². The van der Waals surface area contributed by atoms with Gasteiger partial charge in [0.15, 0.2) is 0 Å². The molecule has 0 atom stereocenters. The molecule has 0 spiro atoms. The molecule has 70 valence electrons. The number of amidine groups is 2. The molecule has 1 heterocycles. The van der Waals surface area contributed by atoms with Crippen LogP contribution >= 0.6 is 0 Å². The number of hydrogen-bond acceptors (Lipinski definition) is 2. The zero-order valence-corrected chi connectivity index (χ0v) is 7.91. The molecule has 3 heteroatoms. The van der Waals surface area contributed by atoms with E-state index in [0.717, 1.165) is 5.69 Å². The minimum absolute atomic E-state index is 0.346. The molecule has 0 amide bonds. The van der Waals surface area contributed by atoms with Gasteiger partial charge in [-0.3, -0.25) is 15.7 Å². The van der Waals surface area contributed by atoms with Gasteiger partial charge in [0.05, 0.1) is 0 Å². The van der Waals surface area contributed by atoms with E-state index in [9.17, 15) is 0 Å². The summed E-state index contributed by atoms with van der Waals surface area (Å²) in [6.07, 6.45) is 3.25. The maximum absolute atomic E-state index is 7.63. The summed E-state index contributed by atoms with van der Waals surface area (Å²) in [4.78, 5) is 1.60. The normalized spacial score (nSPS) is 15.4. The average Bonchev–Trinajstić information content (AvgIpc) is 2.49. The summed E-state index contributed by atoms with van der Waals surface area (Å²) in [5, 5.41) is 15.3. The van der Waals surface area contributed by atoms with E-state index in [0.29, 0.717) is 11.7 Å². The highest BCUT2D eigenvalue weighted by atomic mass is 15.2. The Morgan fingerprint density at radius 3 is 1.93 bits per heavy atom. The SMILES string of the molecule is Cc1ccc(N2C(=N)C=CC2=N)cc1. The maximum Gasteiger partial charge on any atom is 0.131 e. The second-order valence-electron chi connectivity index (χ2n) is 3.27. The number of benzene rings is 1. The van der Waals surface area contributed by atoms with Crippen molar-refractivity contribution in [2.45, 2.75) is 6.92 Å². The fraction of sp³-hybridized carbons (Fsp3) is 0.0909. The van der Waals surface area contributed by atoms with Crippen LogP contribution in [-0.2, 0) is 0 Å². The fourth-order valence-corrected chi connectivity index (χ4v) is 1.41. The first-order chi connectivity index (χ1) is 6.68. The monoisotopic (exact) mass is 185 g/mol. The second-order valence-corrected chi connectivity index (χ2v) is 3.27. The Bertz CT molecular complexity index is 397. The number of hydrogen-bond donors (Lipinski definition) is 2. The van der Waals surface area contributed by atoms with Crippen molar-refractivity contribution >= 4 is 17.4 Å². The zero-order chi connectivity index (χ0) is 10.1. The van der Waals surface area contributed by atoms with E-state index in [1.54, 1.807) is 17.1 Å². The van der Waals surface area contributed by atoms with Gasteiger partial charge in [-0.2, -0.15) is 0 Å². The average molecular weight is 185 g/mol. The summed E-state index contributed by atoms with van der Waals surface area (Å²) in [6, 6.07) is 7.80. The van der Waals surface area contributed by atoms with Crippen LogP contribution in [0.3, 0.4) is 0 Å². The molecule has 3 nitrogen and oxygen atoms in total. The lowest BCUT2D eigenvalue weighted by Gasteiger charge is -2.17. The van der Waals surface area contributed by atoms with Gasteiger partial charge in [-0.15, -0.1) is 0 Å². The van der Waals surface area contributed by atoms with Crippen molar-refractivity contribution in [1.82, 2.24) is 0 Å². The Kier molecular flexibility index (Phi) is 1.93. The predicted octanol–water partition coefficient (Wildman–Crippen LogP) is 2.33. The van der Waals surface area contributed by atoms with Crippen molar-refractivity contribution in [2.75, 3.05) is 4.90 Å². The summed E-state index contributed by atoms with van der Waals surface area (Å²) in [7, 11) is 0. The van der Waals surface area contributed by atoms with E-state index in [-0.39, 0.29) is 0 Å². The number of rotatable bonds is 1. The van der Waals surface area contributed by atoms with Gasteiger partial charge in [0.25, 0.3) is 0 Å². The summed E-state index contributed by atoms with van der Waals surface area (Å²) in [5.41, 5.74) is 2.05. The smallest absolute Gasteiger partial charge is 0.131 e. The van der Waals surface area contributed by atoms with E-state index < -0.39 is 0 Å². The minimum atomic E-state index is 0.346. The van der Waals surface area contributed by atoms with Crippen molar-refractivity contribution in [3.8, 4) is 0 Å². The van der Waals surface area contributed by atoms with Gasteiger partial charge in [0.1, 0.15) is 11.7 Å². The van der Waals surface area contributed by atoms with Gasteiger partial charge < -0.3 is 0 Å². The Morgan fingerprint density at radius 1 is 0.929 bits per heavy atom. The van der Waals surface area contributed by atoms with E-state index in [1.165, 1.54) is 5.56 Å². The van der Waals surface area contributed by atoms with Crippen molar-refractivity contribution in [3.63, 3.8) is 0 Å². The first-order valence-electron chi connectivity index (χ1n) is 4.40. The maximum atomic E-state index is 7.63. The van der Waals surface area contributed by atoms with Crippen LogP contribution in [0.25, 0.3) is 0 Å². The number of aryl methyl sites for hydroxylation is 1. The van der Waals surface area contributed by atoms with Gasteiger partial charge in [-0.1, -0.05) is 17.7 Å². The van der Waals surface area contributed by atoms with Crippen LogP contribution in [0, 0.1) is 17.7 Å². The van der Waals surface area contributed by atoms with E-state index >= 15 is 0 Å². The van der Waals surface area contributed by atoms with E-state index in [2.05, 4.69) is 0 Å². The Labute approximate surface area is 82.7 Å². The molecule has 0 aliphatic carbocycles. The molecule has 0 saturated carbocycles. The highest BCUT2D eigenvalue weighted by Crippen LogP contribution is 2.19. The molecule has 2 N–H and O–H groups in total. The molecule has 1 aromatic carbocycles. The topological polar surface area (TPSA) is 50.9 Å². The molecule has 0 aromatic heterocycles. The van der Waals surface area contributed by atoms with E-state index in [1.807, 2.05) is 31.2 Å². The first kappa shape index (κ1) is 8.69. The second kappa shape index (κ2) is 3.10. The Balaban J connectivity index is 2.36. The minimum Gasteiger partial charge on any atom is -0.284 e. The van der Waals surface area contributed by atoms with Crippen molar-refractivity contribution in [2.24, 2.45) is 0 Å². The van der Waals surface area contributed by atoms with Gasteiger partial charge >= 0.3 is 0 Å². The third kappa shape index (κ3) is 1.33. The van der Waals surface area contributed by atoms with Crippen LogP contribution in [0.15, 0.2) is 36.4 Å². The number of anilines is 1. The molecule has 0 saturated heterocycles. The lowest BCUT2D eigenvalue weighted by atomic mass is 10.2. The van der Waals surface area contributed by atoms with Crippen molar-refractivity contribution in [3.05, 3.63) is 42.0 Å². The summed E-state index contributed by atoms with van der Waals surface area (Å²) in [6.45, 7) is 2.02. The lowest BCUT2D eigenvalue weighted by molar-refractivity contribution is 1.33. The number of nitrogens with one attached hydrogen (secondary N) is 2. The van der Waals surface area contributed by atoms with Gasteiger partial charge in [-0.05, 0) is 31.2 Å². The molecule has 1 aliphatic heterocycles. The molecule has 1 aliphatic rings. The van der Waals surface area contributed by atoms with E-state index in [4.69, 9.17) is 10.8 Å². The highest BCUT2D eigenvalue weighted by molar-refractivity contribution is 6.30. The quantitative estimate of drug-likeness (QED) is 0.693. The summed E-state index contributed by atoms with van der Waals surface area (Å²) in [5.74, 6) is 0.692. The molecule has 0 fully saturated rings. The molecule has 0 bridgehead atoms. The third-order valence-electron chi connectivity index (χ3n) is 2.17. The van der Waals surface area contributed by atoms with Crippen LogP contribution in [0.1, 0.15) is 5.56 Å². The molecule has 2 rings (SSSR count). The van der Waals surface area contributed by atoms with Crippen LogP contribution in [-0.4, -0.2) is 11.7 Å².